The Morgan fingerprint density at radius 1 is 1.05 bits per heavy atom. The minimum absolute atomic E-state index is 0.0920. The Hall–Kier alpha value is -3.02. The molecule has 0 aliphatic heterocycles. The van der Waals surface area contributed by atoms with Crippen molar-refractivity contribution in [3.63, 3.8) is 0 Å². The fraction of sp³-hybridized carbons (Fsp3) is 0. The number of carboxylic acids is 1. The summed E-state index contributed by atoms with van der Waals surface area (Å²) in [7, 11) is 0. The summed E-state index contributed by atoms with van der Waals surface area (Å²) in [5.74, 6) is -0.495. The Kier molecular flexibility index (Phi) is 2.96. The lowest BCUT2D eigenvalue weighted by atomic mass is 10.2. The second-order valence-corrected chi connectivity index (χ2v) is 4.04. The van der Waals surface area contributed by atoms with Crippen LogP contribution in [0.3, 0.4) is 0 Å². The molecule has 6 heteroatoms. The lowest BCUT2D eigenvalue weighted by Crippen LogP contribution is -1.97. The van der Waals surface area contributed by atoms with Gasteiger partial charge in [0.25, 0.3) is 0 Å². The molecular formula is C14H10N4O2. The quantitative estimate of drug-likeness (QED) is 0.784. The third kappa shape index (κ3) is 2.14. The molecule has 0 unspecified atom stereocenters. The first-order valence-electron chi connectivity index (χ1n) is 5.91. The van der Waals surface area contributed by atoms with Crippen LogP contribution in [0.2, 0.25) is 0 Å². The predicted molar refractivity (Wildman–Crippen MR) is 71.5 cm³/mol. The van der Waals surface area contributed by atoms with Gasteiger partial charge in [-0.05, 0) is 24.3 Å². The second-order valence-electron chi connectivity index (χ2n) is 4.04. The van der Waals surface area contributed by atoms with Crippen LogP contribution in [0, 0.1) is 0 Å². The second kappa shape index (κ2) is 4.93. The van der Waals surface area contributed by atoms with Crippen molar-refractivity contribution in [3.05, 3.63) is 60.6 Å². The fourth-order valence-electron chi connectivity index (χ4n) is 1.83. The Morgan fingerprint density at radius 2 is 1.80 bits per heavy atom. The number of carbonyl (C=O) groups is 1. The molecule has 3 aromatic rings. The molecule has 0 aliphatic rings. The van der Waals surface area contributed by atoms with Crippen molar-refractivity contribution in [3.8, 4) is 17.2 Å². The molecule has 0 spiro atoms. The standard InChI is InChI=1S/C14H10N4O2/c19-14(20)10-9-18(12-6-2-4-8-16-12)17-13(10)11-5-1-3-7-15-11/h1-9H,(H,19,20). The summed E-state index contributed by atoms with van der Waals surface area (Å²) in [6.07, 6.45) is 4.66. The van der Waals surface area contributed by atoms with Crippen LogP contribution >= 0.6 is 0 Å². The van der Waals surface area contributed by atoms with Gasteiger partial charge in [0.2, 0.25) is 0 Å². The normalized spacial score (nSPS) is 10.4. The first-order valence-corrected chi connectivity index (χ1v) is 5.91. The van der Waals surface area contributed by atoms with Crippen LogP contribution in [0.5, 0.6) is 0 Å². The minimum Gasteiger partial charge on any atom is -0.478 e. The summed E-state index contributed by atoms with van der Waals surface area (Å²) in [4.78, 5) is 19.6. The van der Waals surface area contributed by atoms with E-state index in [1.54, 1.807) is 42.7 Å². The molecule has 0 bridgehead atoms. The largest absolute Gasteiger partial charge is 0.478 e. The van der Waals surface area contributed by atoms with E-state index in [2.05, 4.69) is 15.1 Å². The maximum absolute atomic E-state index is 11.3. The number of aromatic carboxylic acids is 1. The molecule has 6 nitrogen and oxygen atoms in total. The van der Waals surface area contributed by atoms with Gasteiger partial charge < -0.3 is 5.11 Å². The Morgan fingerprint density at radius 3 is 2.40 bits per heavy atom. The molecular weight excluding hydrogens is 256 g/mol. The lowest BCUT2D eigenvalue weighted by Gasteiger charge is -1.98. The molecule has 3 aromatic heterocycles. The van der Waals surface area contributed by atoms with E-state index in [9.17, 15) is 9.90 Å². The van der Waals surface area contributed by atoms with E-state index < -0.39 is 5.97 Å². The summed E-state index contributed by atoms with van der Waals surface area (Å²) >= 11 is 0. The van der Waals surface area contributed by atoms with E-state index in [1.807, 2.05) is 6.07 Å². The zero-order valence-corrected chi connectivity index (χ0v) is 10.3. The van der Waals surface area contributed by atoms with Crippen LogP contribution in [0.4, 0.5) is 0 Å². The van der Waals surface area contributed by atoms with Gasteiger partial charge in [0.15, 0.2) is 5.82 Å². The van der Waals surface area contributed by atoms with E-state index in [0.717, 1.165) is 0 Å². The molecule has 0 saturated heterocycles. The van der Waals surface area contributed by atoms with Crippen LogP contribution in [0.15, 0.2) is 55.0 Å². The molecule has 1 N–H and O–H groups in total. The van der Waals surface area contributed by atoms with Gasteiger partial charge in [0, 0.05) is 18.6 Å². The van der Waals surface area contributed by atoms with Gasteiger partial charge in [-0.25, -0.2) is 14.5 Å². The topological polar surface area (TPSA) is 80.9 Å². The minimum atomic E-state index is -1.05. The average molecular weight is 266 g/mol. The smallest absolute Gasteiger partial charge is 0.339 e. The molecule has 0 fully saturated rings. The highest BCUT2D eigenvalue weighted by atomic mass is 16.4. The van der Waals surface area contributed by atoms with Crippen molar-refractivity contribution in [2.75, 3.05) is 0 Å². The van der Waals surface area contributed by atoms with E-state index in [-0.39, 0.29) is 5.56 Å². The predicted octanol–water partition coefficient (Wildman–Crippen LogP) is 2.03. The summed E-state index contributed by atoms with van der Waals surface area (Å²) < 4.78 is 1.44. The van der Waals surface area contributed by atoms with Gasteiger partial charge in [-0.3, -0.25) is 4.98 Å². The molecule has 0 saturated carbocycles. The highest BCUT2D eigenvalue weighted by Crippen LogP contribution is 2.21. The monoisotopic (exact) mass is 266 g/mol. The van der Waals surface area contributed by atoms with Crippen LogP contribution in [-0.4, -0.2) is 30.8 Å². The van der Waals surface area contributed by atoms with Crippen molar-refractivity contribution in [1.82, 2.24) is 19.7 Å². The molecule has 0 aromatic carbocycles. The van der Waals surface area contributed by atoms with E-state index in [1.165, 1.54) is 10.9 Å². The van der Waals surface area contributed by atoms with Crippen LogP contribution in [0.1, 0.15) is 10.4 Å². The van der Waals surface area contributed by atoms with Gasteiger partial charge in [0.1, 0.15) is 11.3 Å². The Balaban J connectivity index is 2.15. The highest BCUT2D eigenvalue weighted by molar-refractivity contribution is 5.94. The summed E-state index contributed by atoms with van der Waals surface area (Å²) in [5.41, 5.74) is 0.928. The SMILES string of the molecule is O=C(O)c1cn(-c2ccccn2)nc1-c1ccccn1. The van der Waals surface area contributed by atoms with Crippen molar-refractivity contribution in [2.45, 2.75) is 0 Å². The Bertz CT molecular complexity index is 738. The zero-order chi connectivity index (χ0) is 13.9. The van der Waals surface area contributed by atoms with Crippen LogP contribution in [0.25, 0.3) is 17.2 Å². The number of pyridine rings is 2. The molecule has 3 rings (SSSR count). The highest BCUT2D eigenvalue weighted by Gasteiger charge is 2.18. The Labute approximate surface area is 114 Å². The number of nitrogens with zero attached hydrogens (tertiary/aromatic N) is 4. The molecule has 98 valence electrons. The number of rotatable bonds is 3. The van der Waals surface area contributed by atoms with E-state index in [0.29, 0.717) is 17.2 Å². The summed E-state index contributed by atoms with van der Waals surface area (Å²) in [5, 5.41) is 13.6. The number of hydrogen-bond acceptors (Lipinski definition) is 4. The van der Waals surface area contributed by atoms with Crippen molar-refractivity contribution in [2.24, 2.45) is 0 Å². The van der Waals surface area contributed by atoms with Gasteiger partial charge in [-0.2, -0.15) is 5.10 Å². The van der Waals surface area contributed by atoms with Crippen molar-refractivity contribution in [1.29, 1.82) is 0 Å². The first-order chi connectivity index (χ1) is 9.75. The first kappa shape index (κ1) is 12.0. The fourth-order valence-corrected chi connectivity index (χ4v) is 1.83. The third-order valence-electron chi connectivity index (χ3n) is 2.74. The van der Waals surface area contributed by atoms with Crippen molar-refractivity contribution >= 4 is 5.97 Å². The van der Waals surface area contributed by atoms with E-state index >= 15 is 0 Å². The van der Waals surface area contributed by atoms with Crippen molar-refractivity contribution < 1.29 is 9.90 Å². The van der Waals surface area contributed by atoms with Crippen LogP contribution < -0.4 is 0 Å². The number of carboxylic acid groups (broad SMARTS) is 1. The van der Waals surface area contributed by atoms with Gasteiger partial charge in [0.05, 0.1) is 5.69 Å². The number of aromatic nitrogens is 4. The third-order valence-corrected chi connectivity index (χ3v) is 2.74. The average Bonchev–Trinajstić information content (AvgIpc) is 2.94. The van der Waals surface area contributed by atoms with Gasteiger partial charge in [-0.15, -0.1) is 0 Å². The molecule has 0 radical (unpaired) electrons. The van der Waals surface area contributed by atoms with Crippen LogP contribution in [-0.2, 0) is 0 Å². The zero-order valence-electron chi connectivity index (χ0n) is 10.3. The van der Waals surface area contributed by atoms with Gasteiger partial charge in [-0.1, -0.05) is 12.1 Å². The maximum atomic E-state index is 11.3. The maximum Gasteiger partial charge on any atom is 0.339 e. The molecule has 3 heterocycles. The lowest BCUT2D eigenvalue weighted by molar-refractivity contribution is 0.0697. The molecule has 0 amide bonds. The van der Waals surface area contributed by atoms with Gasteiger partial charge >= 0.3 is 5.97 Å². The number of hydrogen-bond donors (Lipinski definition) is 1. The summed E-state index contributed by atoms with van der Waals surface area (Å²) in [6.45, 7) is 0. The summed E-state index contributed by atoms with van der Waals surface area (Å²) in [6, 6.07) is 10.6. The van der Waals surface area contributed by atoms with E-state index in [4.69, 9.17) is 0 Å². The molecule has 0 atom stereocenters. The molecule has 20 heavy (non-hydrogen) atoms. The molecule has 0 aliphatic carbocycles.